The molecule has 1 heterocycles. The van der Waals surface area contributed by atoms with Gasteiger partial charge in [-0.15, -0.1) is 12.4 Å². The molecule has 0 atom stereocenters. The zero-order chi connectivity index (χ0) is 8.32. The number of halogens is 3. The molecule has 74 valence electrons. The molecule has 1 aliphatic rings. The largest absolute Gasteiger partial charge is 0.396 e. The standard InChI is InChI=1S/C7H13F2NO.ClH/c8-7(9)2-4-10(6-7)3-1-5-11;/h11H,1-6H2;1H. The molecule has 0 amide bonds. The Balaban J connectivity index is 0.00000121. The first-order valence-electron chi connectivity index (χ1n) is 3.85. The fourth-order valence-electron chi connectivity index (χ4n) is 1.29. The van der Waals surface area contributed by atoms with Crippen LogP contribution in [-0.4, -0.2) is 42.2 Å². The van der Waals surface area contributed by atoms with Crippen molar-refractivity contribution in [2.24, 2.45) is 0 Å². The second-order valence-corrected chi connectivity index (χ2v) is 2.96. The lowest BCUT2D eigenvalue weighted by Crippen LogP contribution is -2.26. The Morgan fingerprint density at radius 2 is 2.08 bits per heavy atom. The quantitative estimate of drug-likeness (QED) is 0.740. The molecule has 0 bridgehead atoms. The molecule has 1 N–H and O–H groups in total. The van der Waals surface area contributed by atoms with E-state index in [9.17, 15) is 8.78 Å². The predicted octanol–water partition coefficient (Wildman–Crippen LogP) is 1.13. The van der Waals surface area contributed by atoms with Gasteiger partial charge >= 0.3 is 0 Å². The van der Waals surface area contributed by atoms with Gasteiger partial charge in [0.05, 0.1) is 6.54 Å². The highest BCUT2D eigenvalue weighted by Gasteiger charge is 2.37. The van der Waals surface area contributed by atoms with Crippen molar-refractivity contribution in [2.75, 3.05) is 26.2 Å². The highest BCUT2D eigenvalue weighted by Crippen LogP contribution is 2.26. The Kier molecular flexibility index (Phi) is 4.97. The van der Waals surface area contributed by atoms with Crippen molar-refractivity contribution in [3.63, 3.8) is 0 Å². The number of hydrogen-bond acceptors (Lipinski definition) is 2. The summed E-state index contributed by atoms with van der Waals surface area (Å²) >= 11 is 0. The molecular formula is C7H14ClF2NO. The molecule has 5 heteroatoms. The van der Waals surface area contributed by atoms with Crippen molar-refractivity contribution in [3.8, 4) is 0 Å². The van der Waals surface area contributed by atoms with Crippen LogP contribution in [0.3, 0.4) is 0 Å². The van der Waals surface area contributed by atoms with Gasteiger partial charge in [-0.25, -0.2) is 8.78 Å². The third-order valence-corrected chi connectivity index (χ3v) is 1.88. The Hall–Kier alpha value is 0.0700. The van der Waals surface area contributed by atoms with E-state index in [0.717, 1.165) is 0 Å². The van der Waals surface area contributed by atoms with E-state index in [0.29, 0.717) is 19.5 Å². The van der Waals surface area contributed by atoms with Crippen LogP contribution in [0, 0.1) is 0 Å². The summed E-state index contributed by atoms with van der Waals surface area (Å²) in [4.78, 5) is 1.69. The minimum Gasteiger partial charge on any atom is -0.396 e. The van der Waals surface area contributed by atoms with Crippen LogP contribution < -0.4 is 0 Å². The van der Waals surface area contributed by atoms with Crippen LogP contribution in [0.25, 0.3) is 0 Å². The maximum atomic E-state index is 12.5. The van der Waals surface area contributed by atoms with Gasteiger partial charge in [-0.1, -0.05) is 0 Å². The minimum absolute atomic E-state index is 0. The maximum absolute atomic E-state index is 12.5. The van der Waals surface area contributed by atoms with Gasteiger partial charge in [-0.3, -0.25) is 4.90 Å². The summed E-state index contributed by atoms with van der Waals surface area (Å²) in [6, 6.07) is 0. The fourth-order valence-corrected chi connectivity index (χ4v) is 1.29. The third kappa shape index (κ3) is 3.65. The van der Waals surface area contributed by atoms with E-state index in [2.05, 4.69) is 0 Å². The van der Waals surface area contributed by atoms with E-state index in [1.807, 2.05) is 0 Å². The first-order valence-corrected chi connectivity index (χ1v) is 3.85. The molecule has 0 aliphatic carbocycles. The minimum atomic E-state index is -2.49. The van der Waals surface area contributed by atoms with Crippen LogP contribution in [0.15, 0.2) is 0 Å². The molecule has 0 spiro atoms. The van der Waals surface area contributed by atoms with Crippen molar-refractivity contribution in [1.29, 1.82) is 0 Å². The number of nitrogens with zero attached hydrogens (tertiary/aromatic N) is 1. The van der Waals surface area contributed by atoms with Gasteiger partial charge in [0.15, 0.2) is 0 Å². The summed E-state index contributed by atoms with van der Waals surface area (Å²) in [5, 5.41) is 8.44. The zero-order valence-corrected chi connectivity index (χ0v) is 7.62. The average Bonchev–Trinajstić information content (AvgIpc) is 2.26. The summed E-state index contributed by atoms with van der Waals surface area (Å²) in [6.45, 7) is 1.01. The summed E-state index contributed by atoms with van der Waals surface area (Å²) in [7, 11) is 0. The first-order chi connectivity index (χ1) is 5.14. The lowest BCUT2D eigenvalue weighted by molar-refractivity contribution is 0.0118. The average molecular weight is 202 g/mol. The summed E-state index contributed by atoms with van der Waals surface area (Å²) in [5.74, 6) is -2.49. The molecule has 0 aromatic rings. The van der Waals surface area contributed by atoms with E-state index < -0.39 is 5.92 Å². The second kappa shape index (κ2) is 4.94. The highest BCUT2D eigenvalue weighted by molar-refractivity contribution is 5.85. The topological polar surface area (TPSA) is 23.5 Å². The van der Waals surface area contributed by atoms with E-state index in [1.165, 1.54) is 0 Å². The van der Waals surface area contributed by atoms with Crippen molar-refractivity contribution in [1.82, 2.24) is 4.90 Å². The first kappa shape index (κ1) is 12.1. The van der Waals surface area contributed by atoms with Crippen LogP contribution in [0.4, 0.5) is 8.78 Å². The Morgan fingerprint density at radius 3 is 2.50 bits per heavy atom. The van der Waals surface area contributed by atoms with Crippen LogP contribution in [0.2, 0.25) is 0 Å². The SMILES string of the molecule is Cl.OCCCN1CCC(F)(F)C1. The third-order valence-electron chi connectivity index (χ3n) is 1.88. The van der Waals surface area contributed by atoms with Crippen LogP contribution in [0.5, 0.6) is 0 Å². The molecule has 12 heavy (non-hydrogen) atoms. The second-order valence-electron chi connectivity index (χ2n) is 2.96. The Morgan fingerprint density at radius 1 is 1.42 bits per heavy atom. The molecule has 1 fully saturated rings. The molecule has 1 saturated heterocycles. The van der Waals surface area contributed by atoms with Gasteiger partial charge < -0.3 is 5.11 Å². The van der Waals surface area contributed by atoms with Gasteiger partial charge in [0.1, 0.15) is 0 Å². The van der Waals surface area contributed by atoms with Gasteiger partial charge in [-0.05, 0) is 6.42 Å². The molecule has 1 rings (SSSR count). The summed E-state index contributed by atoms with van der Waals surface area (Å²) < 4.78 is 25.0. The highest BCUT2D eigenvalue weighted by atomic mass is 35.5. The molecular weight excluding hydrogens is 188 g/mol. The van der Waals surface area contributed by atoms with Crippen LogP contribution in [0.1, 0.15) is 12.8 Å². The molecule has 0 unspecified atom stereocenters. The predicted molar refractivity (Wildman–Crippen MR) is 45.0 cm³/mol. The van der Waals surface area contributed by atoms with Crippen molar-refractivity contribution >= 4 is 12.4 Å². The van der Waals surface area contributed by atoms with Gasteiger partial charge in [0.25, 0.3) is 5.92 Å². The summed E-state index contributed by atoms with van der Waals surface area (Å²) in [5.41, 5.74) is 0. The molecule has 0 aromatic carbocycles. The molecule has 1 aliphatic heterocycles. The van der Waals surface area contributed by atoms with Crippen LogP contribution >= 0.6 is 12.4 Å². The van der Waals surface area contributed by atoms with Gasteiger partial charge in [-0.2, -0.15) is 0 Å². The maximum Gasteiger partial charge on any atom is 0.261 e. The summed E-state index contributed by atoms with van der Waals surface area (Å²) in [6.07, 6.45) is 0.564. The van der Waals surface area contributed by atoms with Crippen LogP contribution in [-0.2, 0) is 0 Å². The lowest BCUT2D eigenvalue weighted by atomic mass is 10.3. The zero-order valence-electron chi connectivity index (χ0n) is 6.80. The molecule has 2 nitrogen and oxygen atoms in total. The van der Waals surface area contributed by atoms with E-state index in [-0.39, 0.29) is 32.0 Å². The lowest BCUT2D eigenvalue weighted by Gasteiger charge is -2.13. The number of likely N-dealkylation sites (tertiary alicyclic amines) is 1. The number of rotatable bonds is 3. The van der Waals surface area contributed by atoms with Gasteiger partial charge in [0.2, 0.25) is 0 Å². The number of alkyl halides is 2. The molecule has 0 radical (unpaired) electrons. The number of aliphatic hydroxyl groups excluding tert-OH is 1. The number of hydrogen-bond donors (Lipinski definition) is 1. The van der Waals surface area contributed by atoms with Crippen molar-refractivity contribution in [3.05, 3.63) is 0 Å². The Labute approximate surface area is 77.0 Å². The van der Waals surface area contributed by atoms with E-state index >= 15 is 0 Å². The Bertz CT molecular complexity index is 135. The molecule has 0 aromatic heterocycles. The van der Waals surface area contributed by atoms with Gasteiger partial charge in [0, 0.05) is 26.1 Å². The fraction of sp³-hybridized carbons (Fsp3) is 1.00. The van der Waals surface area contributed by atoms with E-state index in [1.54, 1.807) is 4.90 Å². The number of aliphatic hydroxyl groups is 1. The monoisotopic (exact) mass is 201 g/mol. The smallest absolute Gasteiger partial charge is 0.261 e. The van der Waals surface area contributed by atoms with Crippen molar-refractivity contribution in [2.45, 2.75) is 18.8 Å². The normalized spacial score (nSPS) is 22.2. The van der Waals surface area contributed by atoms with E-state index in [4.69, 9.17) is 5.11 Å². The molecule has 0 saturated carbocycles. The van der Waals surface area contributed by atoms with Crippen molar-refractivity contribution < 1.29 is 13.9 Å².